The molecule has 1 aliphatic rings. The largest absolute Gasteiger partial charge is 0.368 e. The number of carbonyl (C=O) groups excluding carboxylic acids is 2. The van der Waals surface area contributed by atoms with Crippen molar-refractivity contribution in [1.82, 2.24) is 19.8 Å². The lowest BCUT2D eigenvalue weighted by molar-refractivity contribution is -0.0244. The number of rotatable bonds is 3. The highest BCUT2D eigenvalue weighted by Gasteiger charge is 2.29. The van der Waals surface area contributed by atoms with Gasteiger partial charge in [-0.15, -0.1) is 11.3 Å². The highest BCUT2D eigenvalue weighted by atomic mass is 32.1. The summed E-state index contributed by atoms with van der Waals surface area (Å²) in [4.78, 5) is 38.5. The van der Waals surface area contributed by atoms with Gasteiger partial charge in [0.1, 0.15) is 11.0 Å². The average molecular weight is 410 g/mol. The number of amides is 2. The second-order valence-electron chi connectivity index (χ2n) is 7.19. The highest BCUT2D eigenvalue weighted by molar-refractivity contribution is 7.11. The summed E-state index contributed by atoms with van der Waals surface area (Å²) in [6, 6.07) is 9.37. The minimum Gasteiger partial charge on any atom is -0.368 e. The molecule has 0 N–H and O–H groups in total. The third-order valence-corrected chi connectivity index (χ3v) is 5.91. The second-order valence-corrected chi connectivity index (χ2v) is 8.04. The fourth-order valence-corrected chi connectivity index (χ4v) is 4.21. The van der Waals surface area contributed by atoms with E-state index in [0.29, 0.717) is 35.8 Å². The first kappa shape index (κ1) is 19.5. The number of fused-ring (bicyclic) bond motifs is 1. The van der Waals surface area contributed by atoms with Crippen LogP contribution in [0.15, 0.2) is 35.8 Å². The van der Waals surface area contributed by atoms with Crippen LogP contribution >= 0.6 is 11.3 Å². The first-order valence-corrected chi connectivity index (χ1v) is 10.3. The van der Waals surface area contributed by atoms with E-state index < -0.39 is 0 Å². The molecule has 1 saturated heterocycles. The maximum absolute atomic E-state index is 12.9. The number of thiazole rings is 1. The Kier molecular flexibility index (Phi) is 5.29. The highest BCUT2D eigenvalue weighted by Crippen LogP contribution is 2.28. The number of aromatic nitrogens is 2. The van der Waals surface area contributed by atoms with Crippen molar-refractivity contribution in [1.29, 1.82) is 0 Å². The van der Waals surface area contributed by atoms with E-state index >= 15 is 0 Å². The number of morpholine rings is 1. The summed E-state index contributed by atoms with van der Waals surface area (Å²) in [6.07, 6.45) is -0.390. The zero-order valence-corrected chi connectivity index (χ0v) is 17.4. The SMILES string of the molecule is Cc1ncsc1C(=O)N1CCOC(c2cc(C(=O)N(C)C)c3ccccc3n2)C1. The third-order valence-electron chi connectivity index (χ3n) is 5.00. The summed E-state index contributed by atoms with van der Waals surface area (Å²) in [5.74, 6) is -0.127. The van der Waals surface area contributed by atoms with Crippen LogP contribution in [0, 0.1) is 6.92 Å². The molecule has 1 aromatic carbocycles. The Hall–Kier alpha value is -2.84. The Bertz CT molecular complexity index is 1080. The van der Waals surface area contributed by atoms with Crippen molar-refractivity contribution in [2.75, 3.05) is 33.8 Å². The molecule has 2 amide bonds. The quantitative estimate of drug-likeness (QED) is 0.664. The minimum absolute atomic E-state index is 0.0383. The monoisotopic (exact) mass is 410 g/mol. The maximum atomic E-state index is 12.9. The topological polar surface area (TPSA) is 75.6 Å². The summed E-state index contributed by atoms with van der Waals surface area (Å²) >= 11 is 1.35. The van der Waals surface area contributed by atoms with Gasteiger partial charge in [-0.25, -0.2) is 9.97 Å². The Labute approximate surface area is 172 Å². The summed E-state index contributed by atoms with van der Waals surface area (Å²) in [5, 5.41) is 0.805. The number of ether oxygens (including phenoxy) is 1. The Morgan fingerprint density at radius 1 is 1.28 bits per heavy atom. The number of carbonyl (C=O) groups is 2. The van der Waals surface area contributed by atoms with Crippen LogP contribution in [-0.4, -0.2) is 65.4 Å². The van der Waals surface area contributed by atoms with Crippen molar-refractivity contribution in [3.8, 4) is 0 Å². The van der Waals surface area contributed by atoms with Crippen LogP contribution in [-0.2, 0) is 4.74 Å². The molecule has 1 aliphatic heterocycles. The number of benzene rings is 1. The molecule has 8 heteroatoms. The summed E-state index contributed by atoms with van der Waals surface area (Å²) in [7, 11) is 3.46. The van der Waals surface area contributed by atoms with E-state index in [9.17, 15) is 9.59 Å². The molecule has 0 spiro atoms. The van der Waals surface area contributed by atoms with E-state index in [0.717, 1.165) is 16.6 Å². The van der Waals surface area contributed by atoms with Crippen LogP contribution in [0.25, 0.3) is 10.9 Å². The van der Waals surface area contributed by atoms with Crippen molar-refractivity contribution in [2.45, 2.75) is 13.0 Å². The van der Waals surface area contributed by atoms with Gasteiger partial charge < -0.3 is 14.5 Å². The van der Waals surface area contributed by atoms with Gasteiger partial charge in [-0.2, -0.15) is 0 Å². The van der Waals surface area contributed by atoms with Crippen LogP contribution in [0.1, 0.15) is 37.5 Å². The van der Waals surface area contributed by atoms with E-state index in [4.69, 9.17) is 9.72 Å². The van der Waals surface area contributed by atoms with E-state index in [1.54, 1.807) is 35.5 Å². The maximum Gasteiger partial charge on any atom is 0.266 e. The first-order valence-electron chi connectivity index (χ1n) is 9.38. The van der Waals surface area contributed by atoms with Gasteiger partial charge in [-0.3, -0.25) is 9.59 Å². The van der Waals surface area contributed by atoms with E-state index in [2.05, 4.69) is 4.98 Å². The molecule has 0 saturated carbocycles. The summed E-state index contributed by atoms with van der Waals surface area (Å²) in [6.45, 7) is 3.16. The molecule has 0 aliphatic carbocycles. The molecule has 3 heterocycles. The number of aryl methyl sites for hydroxylation is 1. The fraction of sp³-hybridized carbons (Fsp3) is 0.333. The first-order chi connectivity index (χ1) is 14.0. The van der Waals surface area contributed by atoms with E-state index in [-0.39, 0.29) is 17.9 Å². The number of hydrogen-bond acceptors (Lipinski definition) is 6. The van der Waals surface area contributed by atoms with Gasteiger partial charge in [-0.1, -0.05) is 18.2 Å². The molecular weight excluding hydrogens is 388 g/mol. The lowest BCUT2D eigenvalue weighted by Gasteiger charge is -2.32. The summed E-state index contributed by atoms with van der Waals surface area (Å²) < 4.78 is 5.94. The van der Waals surface area contributed by atoms with Crippen LogP contribution in [0.2, 0.25) is 0 Å². The second kappa shape index (κ2) is 7.88. The molecule has 2 aromatic heterocycles. The van der Waals surface area contributed by atoms with E-state index in [1.807, 2.05) is 31.2 Å². The molecule has 0 bridgehead atoms. The van der Waals surface area contributed by atoms with Crippen molar-refractivity contribution in [3.63, 3.8) is 0 Å². The third kappa shape index (κ3) is 3.73. The van der Waals surface area contributed by atoms with Gasteiger partial charge >= 0.3 is 0 Å². The Morgan fingerprint density at radius 3 is 2.79 bits per heavy atom. The molecule has 1 atom stereocenters. The normalized spacial score (nSPS) is 16.8. The van der Waals surface area contributed by atoms with Crippen molar-refractivity contribution < 1.29 is 14.3 Å². The molecule has 3 aromatic rings. The zero-order valence-electron chi connectivity index (χ0n) is 16.6. The zero-order chi connectivity index (χ0) is 20.5. The van der Waals surface area contributed by atoms with Gasteiger partial charge in [0.15, 0.2) is 0 Å². The summed E-state index contributed by atoms with van der Waals surface area (Å²) in [5.41, 5.74) is 4.41. The van der Waals surface area contributed by atoms with Crippen molar-refractivity contribution in [3.05, 3.63) is 57.7 Å². The fourth-order valence-electron chi connectivity index (χ4n) is 3.44. The smallest absolute Gasteiger partial charge is 0.266 e. The molecule has 1 unspecified atom stereocenters. The Balaban J connectivity index is 1.68. The van der Waals surface area contributed by atoms with Crippen molar-refractivity contribution in [2.24, 2.45) is 0 Å². The number of nitrogens with zero attached hydrogens (tertiary/aromatic N) is 4. The predicted molar refractivity (Wildman–Crippen MR) is 111 cm³/mol. The average Bonchev–Trinajstić information content (AvgIpc) is 3.17. The van der Waals surface area contributed by atoms with Gasteiger partial charge in [0.25, 0.3) is 11.8 Å². The van der Waals surface area contributed by atoms with Crippen LogP contribution in [0.4, 0.5) is 0 Å². The minimum atomic E-state index is -0.390. The standard InChI is InChI=1S/C21H22N4O3S/c1-13-19(29-12-22-13)21(27)25-8-9-28-18(11-25)17-10-15(20(26)24(2)3)14-6-4-5-7-16(14)23-17/h4-7,10,12,18H,8-9,11H2,1-3H3. The van der Waals surface area contributed by atoms with Crippen LogP contribution in [0.5, 0.6) is 0 Å². The lowest BCUT2D eigenvalue weighted by atomic mass is 10.0. The van der Waals surface area contributed by atoms with Gasteiger partial charge in [0.2, 0.25) is 0 Å². The number of hydrogen-bond donors (Lipinski definition) is 0. The van der Waals surface area contributed by atoms with Gasteiger partial charge in [-0.05, 0) is 19.1 Å². The van der Waals surface area contributed by atoms with Crippen LogP contribution < -0.4 is 0 Å². The predicted octanol–water partition coefficient (Wildman–Crippen LogP) is 2.92. The van der Waals surface area contributed by atoms with Crippen LogP contribution in [0.3, 0.4) is 0 Å². The number of pyridine rings is 1. The molecule has 150 valence electrons. The van der Waals surface area contributed by atoms with E-state index in [1.165, 1.54) is 11.3 Å². The number of para-hydroxylation sites is 1. The molecule has 0 radical (unpaired) electrons. The van der Waals surface area contributed by atoms with Gasteiger partial charge in [0.05, 0.1) is 41.1 Å². The molecule has 29 heavy (non-hydrogen) atoms. The molecule has 7 nitrogen and oxygen atoms in total. The Morgan fingerprint density at radius 2 is 2.07 bits per heavy atom. The van der Waals surface area contributed by atoms with Crippen molar-refractivity contribution >= 4 is 34.1 Å². The molecule has 1 fully saturated rings. The van der Waals surface area contributed by atoms with Gasteiger partial charge in [0, 0.05) is 26.0 Å². The molecular formula is C21H22N4O3S. The lowest BCUT2D eigenvalue weighted by Crippen LogP contribution is -2.42. The molecule has 4 rings (SSSR count).